The summed E-state index contributed by atoms with van der Waals surface area (Å²) in [7, 11) is 0. The molecule has 0 aliphatic heterocycles. The molecule has 84 valence electrons. The molecule has 3 heteroatoms. The minimum absolute atomic E-state index is 0. The first kappa shape index (κ1) is 20.4. The van der Waals surface area contributed by atoms with Crippen LogP contribution in [0.25, 0.3) is 0 Å². The van der Waals surface area contributed by atoms with E-state index in [0.717, 1.165) is 0 Å². The number of hydrogen-bond donors (Lipinski definition) is 0. The molecule has 0 fully saturated rings. The van der Waals surface area contributed by atoms with Gasteiger partial charge in [0.05, 0.1) is 0 Å². The van der Waals surface area contributed by atoms with Gasteiger partial charge in [-0.2, -0.15) is 72.8 Å². The standard InChI is InChI=1S/2C6H5.2CN.Fe/c2*1-2-4-6-5-3-1;2*1-2;/h2*1-5H;;;/q4*-1;+4. The van der Waals surface area contributed by atoms with Gasteiger partial charge >= 0.3 is 17.1 Å². The van der Waals surface area contributed by atoms with Gasteiger partial charge < -0.3 is 23.7 Å². The predicted octanol–water partition coefficient (Wildman–Crippen LogP) is 3.16. The van der Waals surface area contributed by atoms with E-state index in [1.54, 1.807) is 0 Å². The first-order chi connectivity index (χ1) is 8.00. The molecule has 0 aliphatic carbocycles. The molecule has 0 aromatic heterocycles. The molecule has 17 heavy (non-hydrogen) atoms. The maximum Gasteiger partial charge on any atom is 4.00 e. The van der Waals surface area contributed by atoms with Crippen molar-refractivity contribution in [3.05, 3.63) is 85.9 Å². The maximum atomic E-state index is 6.25. The van der Waals surface area contributed by atoms with Gasteiger partial charge in [0, 0.05) is 0 Å². The number of nitrogens with zero attached hydrogens (tertiary/aromatic N) is 2. The van der Waals surface area contributed by atoms with E-state index in [2.05, 4.69) is 12.1 Å². The SMILES string of the molecule is [C-]#N.[C-]#N.[Fe+4].[c-]1ccccc1.[c-]1ccccc1. The fraction of sp³-hybridized carbons (Fsp3) is 0. The zero-order valence-corrected chi connectivity index (χ0v) is 10.1. The van der Waals surface area contributed by atoms with Crippen LogP contribution < -0.4 is 0 Å². The smallest absolute Gasteiger partial charge is 0.512 e. The third-order valence-electron chi connectivity index (χ3n) is 1.21. The minimum atomic E-state index is 0. The summed E-state index contributed by atoms with van der Waals surface area (Å²) in [5.41, 5.74) is 0. The van der Waals surface area contributed by atoms with Crippen LogP contribution >= 0.6 is 0 Å². The molecule has 0 spiro atoms. The van der Waals surface area contributed by atoms with Gasteiger partial charge in [-0.05, 0) is 0 Å². The van der Waals surface area contributed by atoms with Gasteiger partial charge in [-0.3, -0.25) is 0 Å². The molecule has 0 aliphatic rings. The molecule has 0 unspecified atom stereocenters. The zero-order valence-electron chi connectivity index (χ0n) is 9.02. The monoisotopic (exact) mass is 262 g/mol. The molecule has 2 aromatic carbocycles. The molecular weight excluding hydrogens is 252 g/mol. The quantitative estimate of drug-likeness (QED) is 0.540. The number of rotatable bonds is 0. The Balaban J connectivity index is -0.000000171. The van der Waals surface area contributed by atoms with Crippen LogP contribution in [0.4, 0.5) is 0 Å². The normalized spacial score (nSPS) is 5.88. The Morgan fingerprint density at radius 3 is 0.824 bits per heavy atom. The van der Waals surface area contributed by atoms with E-state index in [4.69, 9.17) is 23.7 Å². The Labute approximate surface area is 114 Å². The third-order valence-corrected chi connectivity index (χ3v) is 1.21. The fourth-order valence-electron chi connectivity index (χ4n) is 0.684. The fourth-order valence-corrected chi connectivity index (χ4v) is 0.684. The van der Waals surface area contributed by atoms with Gasteiger partial charge in [-0.25, -0.2) is 0 Å². The van der Waals surface area contributed by atoms with Crippen molar-refractivity contribution in [1.29, 1.82) is 10.5 Å². The van der Waals surface area contributed by atoms with E-state index < -0.39 is 0 Å². The minimum Gasteiger partial charge on any atom is -0.512 e. The summed E-state index contributed by atoms with van der Waals surface area (Å²) >= 11 is 0. The molecule has 2 rings (SSSR count). The van der Waals surface area contributed by atoms with Crippen molar-refractivity contribution in [3.63, 3.8) is 0 Å². The summed E-state index contributed by atoms with van der Waals surface area (Å²) in [4.78, 5) is 0. The van der Waals surface area contributed by atoms with E-state index >= 15 is 0 Å². The van der Waals surface area contributed by atoms with Crippen molar-refractivity contribution >= 4 is 0 Å². The van der Waals surface area contributed by atoms with Crippen LogP contribution in [0.5, 0.6) is 0 Å². The van der Waals surface area contributed by atoms with Crippen molar-refractivity contribution in [1.82, 2.24) is 0 Å². The maximum absolute atomic E-state index is 6.25. The summed E-state index contributed by atoms with van der Waals surface area (Å²) in [6.45, 7) is 9.50. The molecule has 0 radical (unpaired) electrons. The Morgan fingerprint density at radius 2 is 0.765 bits per heavy atom. The van der Waals surface area contributed by atoms with Crippen LogP contribution in [0.1, 0.15) is 0 Å². The molecular formula is C14H10FeN2. The van der Waals surface area contributed by atoms with Crippen LogP contribution in [0.15, 0.2) is 60.7 Å². The summed E-state index contributed by atoms with van der Waals surface area (Å²) in [6.07, 6.45) is 0. The van der Waals surface area contributed by atoms with E-state index in [9.17, 15) is 0 Å². The van der Waals surface area contributed by atoms with E-state index in [0.29, 0.717) is 0 Å². The molecule has 0 amide bonds. The van der Waals surface area contributed by atoms with Crippen LogP contribution in [-0.2, 0) is 17.1 Å². The molecule has 0 heterocycles. The van der Waals surface area contributed by atoms with Gasteiger partial charge in [0.15, 0.2) is 0 Å². The summed E-state index contributed by atoms with van der Waals surface area (Å²) in [6, 6.07) is 25.0. The van der Waals surface area contributed by atoms with Crippen molar-refractivity contribution < 1.29 is 17.1 Å². The third kappa shape index (κ3) is 20.1. The zero-order chi connectivity index (χ0) is 12.5. The molecule has 2 nitrogen and oxygen atoms in total. The average Bonchev–Trinajstić information content (AvgIpc) is 2.48. The van der Waals surface area contributed by atoms with Crippen molar-refractivity contribution in [3.8, 4) is 0 Å². The summed E-state index contributed by atoms with van der Waals surface area (Å²) in [5.74, 6) is 0. The second kappa shape index (κ2) is 23.6. The van der Waals surface area contributed by atoms with Crippen LogP contribution in [-0.4, -0.2) is 0 Å². The largest absolute Gasteiger partial charge is 4.00 e. The van der Waals surface area contributed by atoms with E-state index in [1.165, 1.54) is 0 Å². The molecule has 2 aromatic rings. The number of benzene rings is 2. The van der Waals surface area contributed by atoms with Gasteiger partial charge in [-0.1, -0.05) is 0 Å². The van der Waals surface area contributed by atoms with E-state index in [1.807, 2.05) is 60.7 Å². The first-order valence-electron chi connectivity index (χ1n) is 4.27. The molecule has 0 saturated carbocycles. The summed E-state index contributed by atoms with van der Waals surface area (Å²) in [5, 5.41) is 12.5. The van der Waals surface area contributed by atoms with Crippen molar-refractivity contribution in [2.24, 2.45) is 0 Å². The Hall–Kier alpha value is -2.06. The van der Waals surface area contributed by atoms with Gasteiger partial charge in [0.1, 0.15) is 0 Å². The first-order valence-corrected chi connectivity index (χ1v) is 4.27. The van der Waals surface area contributed by atoms with Crippen molar-refractivity contribution in [2.45, 2.75) is 0 Å². The predicted molar refractivity (Wildman–Crippen MR) is 60.5 cm³/mol. The summed E-state index contributed by atoms with van der Waals surface area (Å²) < 4.78 is 0. The van der Waals surface area contributed by atoms with Crippen LogP contribution in [0, 0.1) is 35.8 Å². The number of hydrogen-bond acceptors (Lipinski definition) is 2. The second-order valence-electron chi connectivity index (χ2n) is 2.15. The van der Waals surface area contributed by atoms with Gasteiger partial charge in [0.25, 0.3) is 0 Å². The average molecular weight is 262 g/mol. The van der Waals surface area contributed by atoms with E-state index in [-0.39, 0.29) is 17.1 Å². The Kier molecular flexibility index (Phi) is 28.3. The Morgan fingerprint density at radius 1 is 0.529 bits per heavy atom. The second-order valence-corrected chi connectivity index (χ2v) is 2.15. The Bertz CT molecular complexity index is 253. The van der Waals surface area contributed by atoms with Crippen LogP contribution in [0.3, 0.4) is 0 Å². The molecule has 0 atom stereocenters. The molecule has 0 bridgehead atoms. The molecule has 0 saturated heterocycles. The topological polar surface area (TPSA) is 47.6 Å². The van der Waals surface area contributed by atoms with Crippen molar-refractivity contribution in [2.75, 3.05) is 0 Å². The van der Waals surface area contributed by atoms with Crippen LogP contribution in [0.2, 0.25) is 0 Å². The van der Waals surface area contributed by atoms with Gasteiger partial charge in [0.2, 0.25) is 0 Å². The van der Waals surface area contributed by atoms with Gasteiger partial charge in [-0.15, -0.1) is 0 Å². The molecule has 0 N–H and O–H groups in total.